The molecular weight excluding hydrogens is 288 g/mol. The highest BCUT2D eigenvalue weighted by molar-refractivity contribution is 5.83. The van der Waals surface area contributed by atoms with Crippen LogP contribution >= 0.6 is 0 Å². The first kappa shape index (κ1) is 15.3. The standard InChI is InChI=1S/C19H20N2O2/c22-18(14-6-2-1-3-7-14)12-19(23)20-11-10-15-13-21-17-9-5-4-8-16(15)17/h1-9,13,18,21-22H,10-12H2,(H,20,23). The molecule has 1 amide bonds. The lowest BCUT2D eigenvalue weighted by atomic mass is 10.1. The maximum Gasteiger partial charge on any atom is 0.222 e. The number of rotatable bonds is 6. The summed E-state index contributed by atoms with van der Waals surface area (Å²) in [5.41, 5.74) is 3.05. The quantitative estimate of drug-likeness (QED) is 0.655. The van der Waals surface area contributed by atoms with Crippen molar-refractivity contribution in [1.82, 2.24) is 10.3 Å². The first-order valence-corrected chi connectivity index (χ1v) is 7.79. The lowest BCUT2D eigenvalue weighted by molar-refractivity contribution is -0.123. The smallest absolute Gasteiger partial charge is 0.222 e. The van der Waals surface area contributed by atoms with E-state index in [0.717, 1.165) is 17.5 Å². The maximum atomic E-state index is 11.9. The second-order valence-corrected chi connectivity index (χ2v) is 5.59. The van der Waals surface area contributed by atoms with Crippen LogP contribution in [0.25, 0.3) is 10.9 Å². The number of aliphatic hydroxyl groups is 1. The van der Waals surface area contributed by atoms with Crippen molar-refractivity contribution in [3.63, 3.8) is 0 Å². The third-order valence-corrected chi connectivity index (χ3v) is 3.95. The Balaban J connectivity index is 1.50. The van der Waals surface area contributed by atoms with Gasteiger partial charge in [-0.3, -0.25) is 4.79 Å². The number of hydrogen-bond donors (Lipinski definition) is 3. The van der Waals surface area contributed by atoms with Gasteiger partial charge in [-0.1, -0.05) is 48.5 Å². The van der Waals surface area contributed by atoms with Crippen LogP contribution in [-0.2, 0) is 11.2 Å². The highest BCUT2D eigenvalue weighted by atomic mass is 16.3. The Morgan fingerprint density at radius 1 is 1.09 bits per heavy atom. The fraction of sp³-hybridized carbons (Fsp3) is 0.211. The molecule has 4 heteroatoms. The summed E-state index contributed by atoms with van der Waals surface area (Å²) >= 11 is 0. The van der Waals surface area contributed by atoms with Gasteiger partial charge in [0.25, 0.3) is 0 Å². The van der Waals surface area contributed by atoms with Gasteiger partial charge in [-0.15, -0.1) is 0 Å². The predicted octanol–water partition coefficient (Wildman–Crippen LogP) is 2.95. The van der Waals surface area contributed by atoms with Crippen LogP contribution in [0, 0.1) is 0 Å². The van der Waals surface area contributed by atoms with Crippen LogP contribution in [0.2, 0.25) is 0 Å². The molecule has 0 saturated carbocycles. The van der Waals surface area contributed by atoms with Crippen molar-refractivity contribution in [2.45, 2.75) is 18.9 Å². The Morgan fingerprint density at radius 3 is 2.65 bits per heavy atom. The number of aromatic amines is 1. The van der Waals surface area contributed by atoms with Crippen molar-refractivity contribution >= 4 is 16.8 Å². The van der Waals surface area contributed by atoms with Gasteiger partial charge in [0.15, 0.2) is 0 Å². The van der Waals surface area contributed by atoms with E-state index in [2.05, 4.69) is 16.4 Å². The molecule has 1 heterocycles. The van der Waals surface area contributed by atoms with E-state index in [1.54, 1.807) is 0 Å². The molecule has 118 valence electrons. The van der Waals surface area contributed by atoms with E-state index < -0.39 is 6.10 Å². The van der Waals surface area contributed by atoms with Gasteiger partial charge in [-0.25, -0.2) is 0 Å². The predicted molar refractivity (Wildman–Crippen MR) is 91.0 cm³/mol. The van der Waals surface area contributed by atoms with Crippen LogP contribution in [0.1, 0.15) is 23.7 Å². The SMILES string of the molecule is O=C(CC(O)c1ccccc1)NCCc1c[nH]c2ccccc12. The van der Waals surface area contributed by atoms with E-state index >= 15 is 0 Å². The van der Waals surface area contributed by atoms with Crippen molar-refractivity contribution in [3.8, 4) is 0 Å². The molecule has 0 bridgehead atoms. The number of para-hydroxylation sites is 1. The van der Waals surface area contributed by atoms with Gasteiger partial charge in [-0.05, 0) is 23.6 Å². The first-order valence-electron chi connectivity index (χ1n) is 7.79. The number of carbonyl (C=O) groups is 1. The average Bonchev–Trinajstić information content (AvgIpc) is 2.99. The molecule has 0 radical (unpaired) electrons. The Morgan fingerprint density at radius 2 is 1.83 bits per heavy atom. The summed E-state index contributed by atoms with van der Waals surface area (Å²) in [6.45, 7) is 0.558. The molecule has 1 unspecified atom stereocenters. The number of aliphatic hydroxyl groups excluding tert-OH is 1. The topological polar surface area (TPSA) is 65.1 Å². The van der Waals surface area contributed by atoms with Gasteiger partial charge < -0.3 is 15.4 Å². The number of hydrogen-bond acceptors (Lipinski definition) is 2. The fourth-order valence-corrected chi connectivity index (χ4v) is 2.72. The molecule has 0 aliphatic carbocycles. The summed E-state index contributed by atoms with van der Waals surface area (Å²) < 4.78 is 0. The molecule has 3 aromatic rings. The van der Waals surface area contributed by atoms with Crippen LogP contribution in [-0.4, -0.2) is 22.5 Å². The fourth-order valence-electron chi connectivity index (χ4n) is 2.72. The van der Waals surface area contributed by atoms with Crippen LogP contribution < -0.4 is 5.32 Å². The third-order valence-electron chi connectivity index (χ3n) is 3.95. The van der Waals surface area contributed by atoms with Crippen molar-refractivity contribution in [1.29, 1.82) is 0 Å². The van der Waals surface area contributed by atoms with E-state index in [1.807, 2.05) is 54.7 Å². The van der Waals surface area contributed by atoms with Gasteiger partial charge in [0.2, 0.25) is 5.91 Å². The number of carbonyl (C=O) groups excluding carboxylic acids is 1. The monoisotopic (exact) mass is 308 g/mol. The summed E-state index contributed by atoms with van der Waals surface area (Å²) in [7, 11) is 0. The lowest BCUT2D eigenvalue weighted by Crippen LogP contribution is -2.27. The average molecular weight is 308 g/mol. The number of fused-ring (bicyclic) bond motifs is 1. The minimum absolute atomic E-state index is 0.0812. The van der Waals surface area contributed by atoms with Gasteiger partial charge >= 0.3 is 0 Å². The number of H-pyrrole nitrogens is 1. The molecule has 1 atom stereocenters. The van der Waals surface area contributed by atoms with E-state index in [4.69, 9.17) is 0 Å². The van der Waals surface area contributed by atoms with Gasteiger partial charge in [0.1, 0.15) is 0 Å². The van der Waals surface area contributed by atoms with E-state index in [9.17, 15) is 9.90 Å². The normalized spacial score (nSPS) is 12.2. The molecule has 3 N–H and O–H groups in total. The molecule has 0 spiro atoms. The zero-order valence-electron chi connectivity index (χ0n) is 12.8. The van der Waals surface area contributed by atoms with Crippen molar-refractivity contribution < 1.29 is 9.90 Å². The molecule has 0 fully saturated rings. The zero-order chi connectivity index (χ0) is 16.1. The van der Waals surface area contributed by atoms with Gasteiger partial charge in [0, 0.05) is 23.6 Å². The molecule has 2 aromatic carbocycles. The number of benzene rings is 2. The molecule has 1 aromatic heterocycles. The Bertz CT molecular complexity index is 780. The highest BCUT2D eigenvalue weighted by Gasteiger charge is 2.12. The third kappa shape index (κ3) is 3.79. The van der Waals surface area contributed by atoms with Crippen LogP contribution in [0.5, 0.6) is 0 Å². The summed E-state index contributed by atoms with van der Waals surface area (Å²) in [5, 5.41) is 14.1. The van der Waals surface area contributed by atoms with Crippen LogP contribution in [0.15, 0.2) is 60.8 Å². The van der Waals surface area contributed by atoms with E-state index in [0.29, 0.717) is 6.54 Å². The summed E-state index contributed by atoms with van der Waals surface area (Å²) in [6.07, 6.45) is 2.06. The number of nitrogens with one attached hydrogen (secondary N) is 2. The summed E-state index contributed by atoms with van der Waals surface area (Å²) in [6, 6.07) is 17.4. The van der Waals surface area contributed by atoms with Crippen LogP contribution in [0.3, 0.4) is 0 Å². The van der Waals surface area contributed by atoms with E-state index in [1.165, 1.54) is 10.9 Å². The van der Waals surface area contributed by atoms with Crippen molar-refractivity contribution in [2.75, 3.05) is 6.54 Å². The first-order chi connectivity index (χ1) is 11.2. The van der Waals surface area contributed by atoms with E-state index in [-0.39, 0.29) is 12.3 Å². The van der Waals surface area contributed by atoms with Gasteiger partial charge in [-0.2, -0.15) is 0 Å². The lowest BCUT2D eigenvalue weighted by Gasteiger charge is -2.11. The Labute approximate surface area is 135 Å². The molecule has 3 rings (SSSR count). The molecule has 4 nitrogen and oxygen atoms in total. The minimum Gasteiger partial charge on any atom is -0.388 e. The van der Waals surface area contributed by atoms with Crippen LogP contribution in [0.4, 0.5) is 0 Å². The van der Waals surface area contributed by atoms with Crippen molar-refractivity contribution in [3.05, 3.63) is 71.9 Å². The molecular formula is C19H20N2O2. The number of amides is 1. The molecule has 0 aliphatic rings. The second kappa shape index (κ2) is 7.11. The largest absolute Gasteiger partial charge is 0.388 e. The number of aromatic nitrogens is 1. The zero-order valence-corrected chi connectivity index (χ0v) is 12.8. The maximum absolute atomic E-state index is 11.9. The summed E-state index contributed by atoms with van der Waals surface area (Å²) in [4.78, 5) is 15.2. The van der Waals surface area contributed by atoms with Crippen molar-refractivity contribution in [2.24, 2.45) is 0 Å². The molecule has 0 aliphatic heterocycles. The summed E-state index contributed by atoms with van der Waals surface area (Å²) in [5.74, 6) is -0.138. The molecule has 0 saturated heterocycles. The Hall–Kier alpha value is -2.59. The minimum atomic E-state index is -0.760. The Kier molecular flexibility index (Phi) is 4.74. The second-order valence-electron chi connectivity index (χ2n) is 5.59. The van der Waals surface area contributed by atoms with Gasteiger partial charge in [0.05, 0.1) is 12.5 Å². The molecule has 23 heavy (non-hydrogen) atoms. The highest BCUT2D eigenvalue weighted by Crippen LogP contribution is 2.18.